The molecule has 0 fully saturated rings. The summed E-state index contributed by atoms with van der Waals surface area (Å²) in [6.45, 7) is 8.85. The van der Waals surface area contributed by atoms with Crippen molar-refractivity contribution in [3.63, 3.8) is 0 Å². The maximum absolute atomic E-state index is 4.85. The Labute approximate surface area is 132 Å². The van der Waals surface area contributed by atoms with Crippen molar-refractivity contribution < 1.29 is 0 Å². The number of pyridine rings is 2. The molecular formula is C18H24N4. The number of nitrogens with two attached hydrogens (primary N) is 1. The van der Waals surface area contributed by atoms with E-state index in [9.17, 15) is 0 Å². The number of rotatable bonds is 1. The molecule has 0 aromatic carbocycles. The molecule has 3 aromatic rings. The average molecular weight is 296 g/mol. The van der Waals surface area contributed by atoms with Gasteiger partial charge in [0, 0.05) is 36.1 Å². The van der Waals surface area contributed by atoms with E-state index in [-0.39, 0.29) is 0 Å². The fourth-order valence-corrected chi connectivity index (χ4v) is 2.35. The topological polar surface area (TPSA) is 56.7 Å². The van der Waals surface area contributed by atoms with E-state index in [1.54, 1.807) is 0 Å². The van der Waals surface area contributed by atoms with Crippen molar-refractivity contribution in [2.24, 2.45) is 12.8 Å². The van der Waals surface area contributed by atoms with Crippen LogP contribution in [0.5, 0.6) is 0 Å². The van der Waals surface area contributed by atoms with Gasteiger partial charge in [-0.05, 0) is 50.6 Å². The first-order chi connectivity index (χ1) is 10.5. The summed E-state index contributed by atoms with van der Waals surface area (Å²) in [5, 5.41) is 1.17. The molecule has 0 bridgehead atoms. The molecule has 0 atom stereocenters. The van der Waals surface area contributed by atoms with Gasteiger partial charge in [0.2, 0.25) is 0 Å². The van der Waals surface area contributed by atoms with Crippen LogP contribution < -0.4 is 5.73 Å². The third-order valence-corrected chi connectivity index (χ3v) is 3.58. The van der Waals surface area contributed by atoms with Crippen molar-refractivity contribution in [2.45, 2.75) is 27.7 Å². The molecule has 0 spiro atoms. The first-order valence-electron chi connectivity index (χ1n) is 7.54. The van der Waals surface area contributed by atoms with Gasteiger partial charge in [-0.3, -0.25) is 4.98 Å². The second kappa shape index (κ2) is 6.71. The summed E-state index contributed by atoms with van der Waals surface area (Å²) in [7, 11) is 2.02. The molecule has 0 saturated heterocycles. The molecule has 0 radical (unpaired) electrons. The van der Waals surface area contributed by atoms with Crippen molar-refractivity contribution in [1.29, 1.82) is 0 Å². The molecule has 0 aliphatic carbocycles. The van der Waals surface area contributed by atoms with Gasteiger partial charge < -0.3 is 10.3 Å². The Morgan fingerprint density at radius 3 is 2.50 bits per heavy atom. The van der Waals surface area contributed by atoms with Gasteiger partial charge in [-0.1, -0.05) is 13.0 Å². The summed E-state index contributed by atoms with van der Waals surface area (Å²) < 4.78 is 2.06. The fourth-order valence-electron chi connectivity index (χ4n) is 2.35. The Morgan fingerprint density at radius 2 is 1.86 bits per heavy atom. The molecule has 0 unspecified atom stereocenters. The second-order valence-electron chi connectivity index (χ2n) is 5.54. The number of hydrogen-bond donors (Lipinski definition) is 1. The molecule has 3 aromatic heterocycles. The van der Waals surface area contributed by atoms with E-state index in [2.05, 4.69) is 47.8 Å². The fraction of sp³-hybridized carbons (Fsp3) is 0.333. The van der Waals surface area contributed by atoms with Gasteiger partial charge in [-0.2, -0.15) is 0 Å². The van der Waals surface area contributed by atoms with Crippen molar-refractivity contribution in [1.82, 2.24) is 14.5 Å². The molecule has 0 aliphatic heterocycles. The van der Waals surface area contributed by atoms with E-state index >= 15 is 0 Å². The Bertz CT molecular complexity index is 787. The van der Waals surface area contributed by atoms with Crippen LogP contribution in [-0.4, -0.2) is 21.1 Å². The van der Waals surface area contributed by atoms with Crippen LogP contribution >= 0.6 is 0 Å². The maximum atomic E-state index is 4.85. The Balaban J connectivity index is 0.000000545. The summed E-state index contributed by atoms with van der Waals surface area (Å²) in [5.74, 6) is 0. The SMILES string of the molecule is CCN.Cc1cnc2c(c1)c(-c1ccc(C)c(C)n1)cn2C. The Morgan fingerprint density at radius 1 is 1.18 bits per heavy atom. The van der Waals surface area contributed by atoms with E-state index in [0.29, 0.717) is 0 Å². The van der Waals surface area contributed by atoms with E-state index in [0.717, 1.165) is 29.1 Å². The quantitative estimate of drug-likeness (QED) is 0.747. The number of nitrogens with zero attached hydrogens (tertiary/aromatic N) is 3. The summed E-state index contributed by atoms with van der Waals surface area (Å²) in [6, 6.07) is 6.38. The van der Waals surface area contributed by atoms with Crippen molar-refractivity contribution in [2.75, 3.05) is 6.54 Å². The molecular weight excluding hydrogens is 272 g/mol. The van der Waals surface area contributed by atoms with Crippen LogP contribution in [0.15, 0.2) is 30.6 Å². The molecule has 0 aliphatic rings. The monoisotopic (exact) mass is 296 g/mol. The number of fused-ring (bicyclic) bond motifs is 1. The van der Waals surface area contributed by atoms with Crippen LogP contribution in [-0.2, 0) is 7.05 Å². The molecule has 2 N–H and O–H groups in total. The predicted octanol–water partition coefficient (Wildman–Crippen LogP) is 3.53. The maximum Gasteiger partial charge on any atom is 0.140 e. The highest BCUT2D eigenvalue weighted by Crippen LogP contribution is 2.29. The van der Waals surface area contributed by atoms with E-state index < -0.39 is 0 Å². The minimum absolute atomic E-state index is 0.750. The number of aromatic nitrogens is 3. The van der Waals surface area contributed by atoms with Crippen LogP contribution in [0.2, 0.25) is 0 Å². The molecule has 3 rings (SSSR count). The molecule has 4 nitrogen and oxygen atoms in total. The Hall–Kier alpha value is -2.20. The van der Waals surface area contributed by atoms with Gasteiger partial charge in [0.1, 0.15) is 5.65 Å². The van der Waals surface area contributed by atoms with E-state index in [1.807, 2.05) is 27.1 Å². The van der Waals surface area contributed by atoms with Gasteiger partial charge in [-0.25, -0.2) is 4.98 Å². The molecule has 4 heteroatoms. The van der Waals surface area contributed by atoms with Gasteiger partial charge in [0.05, 0.1) is 5.69 Å². The largest absolute Gasteiger partial charge is 0.335 e. The van der Waals surface area contributed by atoms with Crippen molar-refractivity contribution in [3.8, 4) is 11.3 Å². The Kier molecular flexibility index (Phi) is 4.93. The van der Waals surface area contributed by atoms with Gasteiger partial charge in [0.15, 0.2) is 0 Å². The third kappa shape index (κ3) is 3.17. The van der Waals surface area contributed by atoms with Crippen molar-refractivity contribution >= 4 is 11.0 Å². The predicted molar refractivity (Wildman–Crippen MR) is 92.9 cm³/mol. The first kappa shape index (κ1) is 16.2. The zero-order chi connectivity index (χ0) is 16.3. The lowest BCUT2D eigenvalue weighted by atomic mass is 10.1. The normalized spacial score (nSPS) is 10.5. The van der Waals surface area contributed by atoms with Gasteiger partial charge in [-0.15, -0.1) is 0 Å². The highest BCUT2D eigenvalue weighted by atomic mass is 15.0. The molecule has 116 valence electrons. The third-order valence-electron chi connectivity index (χ3n) is 3.58. The zero-order valence-corrected chi connectivity index (χ0v) is 14.0. The number of aryl methyl sites for hydroxylation is 4. The molecule has 3 heterocycles. The molecule has 0 amide bonds. The van der Waals surface area contributed by atoms with Crippen LogP contribution in [0.1, 0.15) is 23.7 Å². The summed E-state index contributed by atoms with van der Waals surface area (Å²) >= 11 is 0. The molecule has 0 saturated carbocycles. The second-order valence-corrected chi connectivity index (χ2v) is 5.54. The lowest BCUT2D eigenvalue weighted by Gasteiger charge is -2.03. The molecule has 22 heavy (non-hydrogen) atoms. The zero-order valence-electron chi connectivity index (χ0n) is 14.0. The van der Waals surface area contributed by atoms with E-state index in [4.69, 9.17) is 10.7 Å². The number of hydrogen-bond acceptors (Lipinski definition) is 3. The highest BCUT2D eigenvalue weighted by molar-refractivity contribution is 5.93. The smallest absolute Gasteiger partial charge is 0.140 e. The van der Waals surface area contributed by atoms with E-state index in [1.165, 1.54) is 16.5 Å². The summed E-state index contributed by atoms with van der Waals surface area (Å²) in [6.07, 6.45) is 4.01. The first-order valence-corrected chi connectivity index (χ1v) is 7.54. The standard InChI is InChI=1S/C16H17N3.C2H7N/c1-10-7-13-14(9-19(4)16(13)17-8-10)15-6-5-11(2)12(3)18-15;1-2-3/h5-9H,1-4H3;2-3H2,1H3. The van der Waals surface area contributed by atoms with Crippen molar-refractivity contribution in [3.05, 3.63) is 47.4 Å². The summed E-state index contributed by atoms with van der Waals surface area (Å²) in [5.41, 5.74) is 11.5. The van der Waals surface area contributed by atoms with Crippen LogP contribution in [0.25, 0.3) is 22.3 Å². The lowest BCUT2D eigenvalue weighted by molar-refractivity contribution is 0.947. The van der Waals surface area contributed by atoms with Crippen LogP contribution in [0, 0.1) is 20.8 Å². The van der Waals surface area contributed by atoms with Crippen LogP contribution in [0.3, 0.4) is 0 Å². The van der Waals surface area contributed by atoms with Gasteiger partial charge >= 0.3 is 0 Å². The lowest BCUT2D eigenvalue weighted by Crippen LogP contribution is -1.89. The van der Waals surface area contributed by atoms with Gasteiger partial charge in [0.25, 0.3) is 0 Å². The minimum Gasteiger partial charge on any atom is -0.335 e. The minimum atomic E-state index is 0.750. The average Bonchev–Trinajstić information content (AvgIpc) is 2.79. The van der Waals surface area contributed by atoms with Crippen LogP contribution in [0.4, 0.5) is 0 Å². The highest BCUT2D eigenvalue weighted by Gasteiger charge is 2.11. The summed E-state index contributed by atoms with van der Waals surface area (Å²) in [4.78, 5) is 9.20.